The average Bonchev–Trinajstić information content (AvgIpc) is 3.22. The molecule has 7 heteroatoms. The summed E-state index contributed by atoms with van der Waals surface area (Å²) in [6, 6.07) is 19.3. The average molecular weight is 417 g/mol. The monoisotopic (exact) mass is 417 g/mol. The molecular formula is C23H19N3O3S. The molecule has 1 aliphatic heterocycles. The second-order valence-corrected chi connectivity index (χ2v) is 8.20. The highest BCUT2D eigenvalue weighted by atomic mass is 32.1. The highest BCUT2D eigenvalue weighted by Crippen LogP contribution is 2.32. The molecule has 1 aliphatic rings. The Labute approximate surface area is 176 Å². The third-order valence-corrected chi connectivity index (χ3v) is 6.28. The molecule has 0 saturated carbocycles. The van der Waals surface area contributed by atoms with E-state index in [0.717, 1.165) is 21.8 Å². The maximum Gasteiger partial charge on any atom is 0.262 e. The maximum atomic E-state index is 12.9. The van der Waals surface area contributed by atoms with Crippen molar-refractivity contribution in [2.75, 3.05) is 6.61 Å². The fourth-order valence-corrected chi connectivity index (χ4v) is 4.70. The van der Waals surface area contributed by atoms with Crippen molar-refractivity contribution in [3.8, 4) is 16.2 Å². The normalized spacial score (nSPS) is 15.4. The summed E-state index contributed by atoms with van der Waals surface area (Å²) in [5, 5.41) is 3.56. The van der Waals surface area contributed by atoms with Gasteiger partial charge in [-0.25, -0.2) is 4.98 Å². The van der Waals surface area contributed by atoms with Gasteiger partial charge in [-0.3, -0.25) is 14.2 Å². The molecule has 150 valence electrons. The Hall–Kier alpha value is -3.45. The van der Waals surface area contributed by atoms with Crippen molar-refractivity contribution >= 4 is 27.5 Å². The summed E-state index contributed by atoms with van der Waals surface area (Å²) >= 11 is 1.47. The van der Waals surface area contributed by atoms with Gasteiger partial charge in [0, 0.05) is 16.9 Å². The van der Waals surface area contributed by atoms with Gasteiger partial charge >= 0.3 is 0 Å². The molecule has 0 radical (unpaired) electrons. The molecule has 6 nitrogen and oxygen atoms in total. The van der Waals surface area contributed by atoms with E-state index < -0.39 is 0 Å². The van der Waals surface area contributed by atoms with Gasteiger partial charge in [0.15, 0.2) is 0 Å². The molecule has 2 aromatic carbocycles. The zero-order valence-corrected chi connectivity index (χ0v) is 16.9. The van der Waals surface area contributed by atoms with Crippen LogP contribution in [0.2, 0.25) is 0 Å². The Kier molecular flexibility index (Phi) is 4.80. The van der Waals surface area contributed by atoms with E-state index in [1.54, 1.807) is 0 Å². The SMILES string of the molecule is O=C(Cn1cnc2sc(-c3ccccc3)cc2c1=O)N[C@@H]1CCOc2ccccc21. The van der Waals surface area contributed by atoms with Gasteiger partial charge in [0.2, 0.25) is 5.91 Å². The number of para-hydroxylation sites is 1. The third kappa shape index (κ3) is 3.48. The van der Waals surface area contributed by atoms with E-state index in [4.69, 9.17) is 4.74 Å². The smallest absolute Gasteiger partial charge is 0.262 e. The molecule has 2 aromatic heterocycles. The standard InChI is InChI=1S/C23H19N3O3S/c27-21(25-18-10-11-29-19-9-5-4-8-16(18)19)13-26-14-24-22-17(23(26)28)12-20(30-22)15-6-2-1-3-7-15/h1-9,12,14,18H,10-11,13H2,(H,25,27)/t18-/m1/s1. The van der Waals surface area contributed by atoms with Crippen molar-refractivity contribution in [2.24, 2.45) is 0 Å². The number of benzene rings is 2. The Balaban J connectivity index is 1.37. The van der Waals surface area contributed by atoms with E-state index in [1.807, 2.05) is 60.7 Å². The fraction of sp³-hybridized carbons (Fsp3) is 0.174. The number of rotatable bonds is 4. The molecule has 1 atom stereocenters. The minimum absolute atomic E-state index is 0.0716. The van der Waals surface area contributed by atoms with Crippen molar-refractivity contribution < 1.29 is 9.53 Å². The molecular weight excluding hydrogens is 398 g/mol. The first-order valence-electron chi connectivity index (χ1n) is 9.74. The summed E-state index contributed by atoms with van der Waals surface area (Å²) in [5.74, 6) is 0.569. The largest absolute Gasteiger partial charge is 0.493 e. The van der Waals surface area contributed by atoms with Crippen LogP contribution in [0.3, 0.4) is 0 Å². The summed E-state index contributed by atoms with van der Waals surface area (Å²) in [4.78, 5) is 31.7. The fourth-order valence-electron chi connectivity index (χ4n) is 3.70. The van der Waals surface area contributed by atoms with E-state index >= 15 is 0 Å². The van der Waals surface area contributed by atoms with Crippen molar-refractivity contribution in [1.82, 2.24) is 14.9 Å². The van der Waals surface area contributed by atoms with Crippen molar-refractivity contribution in [3.05, 3.63) is 82.9 Å². The van der Waals surface area contributed by atoms with Gasteiger partial charge in [0.1, 0.15) is 17.1 Å². The number of amides is 1. The van der Waals surface area contributed by atoms with Gasteiger partial charge in [0.05, 0.1) is 24.4 Å². The van der Waals surface area contributed by atoms with Crippen LogP contribution >= 0.6 is 11.3 Å². The van der Waals surface area contributed by atoms with Crippen LogP contribution in [-0.2, 0) is 11.3 Å². The second kappa shape index (κ2) is 7.76. The summed E-state index contributed by atoms with van der Waals surface area (Å²) in [6.07, 6.45) is 2.15. The van der Waals surface area contributed by atoms with Crippen LogP contribution in [0, 0.1) is 0 Å². The molecule has 0 spiro atoms. The van der Waals surface area contributed by atoms with Crippen LogP contribution in [0.25, 0.3) is 20.7 Å². The van der Waals surface area contributed by atoms with Crippen LogP contribution in [-0.4, -0.2) is 22.1 Å². The Morgan fingerprint density at radius 2 is 1.97 bits per heavy atom. The molecule has 0 fully saturated rings. The van der Waals surface area contributed by atoms with Gasteiger partial charge in [-0.1, -0.05) is 48.5 Å². The van der Waals surface area contributed by atoms with Gasteiger partial charge in [-0.15, -0.1) is 11.3 Å². The highest BCUT2D eigenvalue weighted by molar-refractivity contribution is 7.21. The van der Waals surface area contributed by atoms with Gasteiger partial charge in [0.25, 0.3) is 5.56 Å². The van der Waals surface area contributed by atoms with E-state index in [1.165, 1.54) is 22.2 Å². The number of nitrogens with one attached hydrogen (secondary N) is 1. The lowest BCUT2D eigenvalue weighted by Gasteiger charge is -2.26. The summed E-state index contributed by atoms with van der Waals surface area (Å²) in [6.45, 7) is 0.477. The van der Waals surface area contributed by atoms with Crippen molar-refractivity contribution in [3.63, 3.8) is 0 Å². The molecule has 0 bridgehead atoms. The quantitative estimate of drug-likeness (QED) is 0.549. The Morgan fingerprint density at radius 1 is 1.17 bits per heavy atom. The predicted octanol–water partition coefficient (Wildman–Crippen LogP) is 3.77. The molecule has 5 rings (SSSR count). The molecule has 1 N–H and O–H groups in total. The van der Waals surface area contributed by atoms with E-state index in [2.05, 4.69) is 10.3 Å². The van der Waals surface area contributed by atoms with E-state index in [-0.39, 0.29) is 24.1 Å². The molecule has 4 aromatic rings. The first-order valence-corrected chi connectivity index (χ1v) is 10.6. The van der Waals surface area contributed by atoms with Crippen LogP contribution in [0.5, 0.6) is 5.75 Å². The lowest BCUT2D eigenvalue weighted by atomic mass is 10.0. The number of thiophene rings is 1. The third-order valence-electron chi connectivity index (χ3n) is 5.18. The zero-order chi connectivity index (χ0) is 20.5. The molecule has 0 saturated heterocycles. The topological polar surface area (TPSA) is 73.2 Å². The number of nitrogens with zero attached hydrogens (tertiary/aromatic N) is 2. The number of hydrogen-bond donors (Lipinski definition) is 1. The number of hydrogen-bond acceptors (Lipinski definition) is 5. The molecule has 1 amide bonds. The van der Waals surface area contributed by atoms with Crippen LogP contribution in [0.4, 0.5) is 0 Å². The molecule has 0 aliphatic carbocycles. The molecule has 30 heavy (non-hydrogen) atoms. The van der Waals surface area contributed by atoms with Crippen molar-refractivity contribution in [1.29, 1.82) is 0 Å². The van der Waals surface area contributed by atoms with Crippen LogP contribution < -0.4 is 15.6 Å². The number of ether oxygens (including phenoxy) is 1. The van der Waals surface area contributed by atoms with Crippen LogP contribution in [0.1, 0.15) is 18.0 Å². The Bertz CT molecular complexity index is 1280. The number of carbonyl (C=O) groups is 1. The van der Waals surface area contributed by atoms with E-state index in [0.29, 0.717) is 23.2 Å². The summed E-state index contributed by atoms with van der Waals surface area (Å²) in [7, 11) is 0. The minimum Gasteiger partial charge on any atom is -0.493 e. The molecule has 0 unspecified atom stereocenters. The maximum absolute atomic E-state index is 12.9. The predicted molar refractivity (Wildman–Crippen MR) is 117 cm³/mol. The van der Waals surface area contributed by atoms with Crippen LogP contribution in [0.15, 0.2) is 71.8 Å². The summed E-state index contributed by atoms with van der Waals surface area (Å²) < 4.78 is 7.01. The minimum atomic E-state index is -0.224. The number of fused-ring (bicyclic) bond motifs is 2. The second-order valence-electron chi connectivity index (χ2n) is 7.17. The first-order chi connectivity index (χ1) is 14.7. The Morgan fingerprint density at radius 3 is 2.83 bits per heavy atom. The number of aromatic nitrogens is 2. The lowest BCUT2D eigenvalue weighted by molar-refractivity contribution is -0.122. The lowest BCUT2D eigenvalue weighted by Crippen LogP contribution is -2.36. The zero-order valence-electron chi connectivity index (χ0n) is 16.1. The van der Waals surface area contributed by atoms with Gasteiger partial charge in [-0.2, -0.15) is 0 Å². The van der Waals surface area contributed by atoms with Gasteiger partial charge in [-0.05, 0) is 17.7 Å². The van der Waals surface area contributed by atoms with Crippen molar-refractivity contribution in [2.45, 2.75) is 19.0 Å². The number of carbonyl (C=O) groups excluding carboxylic acids is 1. The van der Waals surface area contributed by atoms with Gasteiger partial charge < -0.3 is 10.1 Å². The molecule has 3 heterocycles. The van der Waals surface area contributed by atoms with E-state index in [9.17, 15) is 9.59 Å². The first kappa shape index (κ1) is 18.6. The summed E-state index contributed by atoms with van der Waals surface area (Å²) in [5.41, 5.74) is 1.80. The highest BCUT2D eigenvalue weighted by Gasteiger charge is 2.23.